The van der Waals surface area contributed by atoms with Crippen LogP contribution in [0.15, 0.2) is 0 Å². The number of unbranched alkanes of at least 4 members (excludes halogenated alkanes) is 4. The highest BCUT2D eigenvalue weighted by Gasteiger charge is 2.30. The molecule has 0 aromatic heterocycles. The zero-order valence-electron chi connectivity index (χ0n) is 19.5. The third-order valence-electron chi connectivity index (χ3n) is 5.35. The van der Waals surface area contributed by atoms with Gasteiger partial charge < -0.3 is 18.9 Å². The van der Waals surface area contributed by atoms with Crippen LogP contribution in [0.2, 0.25) is 0 Å². The smallest absolute Gasteiger partial charge is 0.338 e. The van der Waals surface area contributed by atoms with Crippen LogP contribution in [0.5, 0.6) is 0 Å². The highest BCUT2D eigenvalue weighted by Crippen LogP contribution is 2.33. The number of carbonyl (C=O) groups is 2. The highest BCUT2D eigenvalue weighted by atomic mass is 16.5. The normalized spacial score (nSPS) is 10.9. The summed E-state index contributed by atoms with van der Waals surface area (Å²) in [6.07, 6.45) is 7.30. The van der Waals surface area contributed by atoms with Crippen LogP contribution in [0.4, 0.5) is 0 Å². The van der Waals surface area contributed by atoms with Crippen LogP contribution in [0.3, 0.4) is 0 Å². The number of rotatable bonds is 14. The molecule has 0 saturated carbocycles. The fourth-order valence-corrected chi connectivity index (χ4v) is 3.92. The molecule has 0 aliphatic carbocycles. The van der Waals surface area contributed by atoms with E-state index < -0.39 is 11.9 Å². The summed E-state index contributed by atoms with van der Waals surface area (Å²) in [5, 5.41) is 0. The largest absolute Gasteiger partial charge is 0.465 e. The van der Waals surface area contributed by atoms with Crippen LogP contribution >= 0.6 is 0 Å². The van der Waals surface area contributed by atoms with E-state index in [0.717, 1.165) is 61.6 Å². The van der Waals surface area contributed by atoms with Crippen molar-refractivity contribution in [2.45, 2.75) is 78.4 Å². The summed E-state index contributed by atoms with van der Waals surface area (Å²) in [7, 11) is 5.94. The molecule has 1 aromatic carbocycles. The second-order valence-electron chi connectivity index (χ2n) is 7.43. The van der Waals surface area contributed by atoms with Crippen molar-refractivity contribution in [1.29, 1.82) is 0 Å². The summed E-state index contributed by atoms with van der Waals surface area (Å²) in [5.41, 5.74) is 4.11. The van der Waals surface area contributed by atoms with E-state index >= 15 is 0 Å². The van der Waals surface area contributed by atoms with E-state index in [1.165, 1.54) is 14.2 Å². The lowest BCUT2D eigenvalue weighted by atomic mass is 9.82. The molecule has 0 radical (unpaired) electrons. The zero-order valence-corrected chi connectivity index (χ0v) is 19.5. The van der Waals surface area contributed by atoms with Gasteiger partial charge in [0.05, 0.1) is 38.6 Å². The fraction of sp³-hybridized carbons (Fsp3) is 0.667. The van der Waals surface area contributed by atoms with Gasteiger partial charge in [0.2, 0.25) is 0 Å². The SMILES string of the molecule is CCCCCc1c(COC)c(COC)c(C(=O)OC)c(CCCCC)c1C(=O)OC. The van der Waals surface area contributed by atoms with Gasteiger partial charge in [-0.2, -0.15) is 0 Å². The Bertz CT molecular complexity index is 696. The van der Waals surface area contributed by atoms with Crippen LogP contribution in [-0.2, 0) is 45.0 Å². The van der Waals surface area contributed by atoms with E-state index in [9.17, 15) is 9.59 Å². The molecule has 0 amide bonds. The maximum atomic E-state index is 13.0. The summed E-state index contributed by atoms with van der Waals surface area (Å²) in [6, 6.07) is 0. The standard InChI is InChI=1S/C24H38O6/c1-7-9-11-13-17-19(15-27-3)20(16-28-4)22(24(26)30-6)18(14-12-10-8-2)21(17)23(25)29-5/h7-16H2,1-6H3. The summed E-state index contributed by atoms with van der Waals surface area (Å²) in [4.78, 5) is 25.8. The van der Waals surface area contributed by atoms with Gasteiger partial charge in [-0.1, -0.05) is 39.5 Å². The second kappa shape index (κ2) is 14.1. The maximum Gasteiger partial charge on any atom is 0.338 e. The van der Waals surface area contributed by atoms with Crippen LogP contribution < -0.4 is 0 Å². The van der Waals surface area contributed by atoms with Crippen molar-refractivity contribution in [3.8, 4) is 0 Å². The number of hydrogen-bond donors (Lipinski definition) is 0. The van der Waals surface area contributed by atoms with Gasteiger partial charge in [0.15, 0.2) is 0 Å². The molecule has 6 nitrogen and oxygen atoms in total. The van der Waals surface area contributed by atoms with Crippen LogP contribution in [-0.4, -0.2) is 40.4 Å². The predicted molar refractivity (Wildman–Crippen MR) is 117 cm³/mol. The maximum absolute atomic E-state index is 13.0. The Morgan fingerprint density at radius 1 is 0.600 bits per heavy atom. The predicted octanol–water partition coefficient (Wildman–Crippen LogP) is 5.02. The topological polar surface area (TPSA) is 71.1 Å². The van der Waals surface area contributed by atoms with Gasteiger partial charge >= 0.3 is 11.9 Å². The quantitative estimate of drug-likeness (QED) is 0.310. The molecular formula is C24H38O6. The molecule has 170 valence electrons. The number of esters is 2. The first-order valence-electron chi connectivity index (χ1n) is 10.9. The summed E-state index contributed by atoms with van der Waals surface area (Å²) in [5.74, 6) is -0.879. The lowest BCUT2D eigenvalue weighted by molar-refractivity contribution is 0.0590. The molecule has 30 heavy (non-hydrogen) atoms. The summed E-state index contributed by atoms with van der Waals surface area (Å²) in [6.45, 7) is 4.79. The van der Waals surface area contributed by atoms with E-state index in [0.29, 0.717) is 23.1 Å². The van der Waals surface area contributed by atoms with Gasteiger partial charge in [-0.15, -0.1) is 0 Å². The van der Waals surface area contributed by atoms with Crippen molar-refractivity contribution in [1.82, 2.24) is 0 Å². The first-order chi connectivity index (χ1) is 14.5. The van der Waals surface area contributed by atoms with Gasteiger partial charge in [-0.3, -0.25) is 0 Å². The second-order valence-corrected chi connectivity index (χ2v) is 7.43. The first kappa shape index (κ1) is 26.1. The van der Waals surface area contributed by atoms with Crippen molar-refractivity contribution in [3.63, 3.8) is 0 Å². The van der Waals surface area contributed by atoms with Crippen molar-refractivity contribution in [2.24, 2.45) is 0 Å². The van der Waals surface area contributed by atoms with Crippen molar-refractivity contribution in [3.05, 3.63) is 33.4 Å². The molecule has 0 spiro atoms. The Morgan fingerprint density at radius 3 is 1.47 bits per heavy atom. The molecular weight excluding hydrogens is 384 g/mol. The van der Waals surface area contributed by atoms with Crippen LogP contribution in [0, 0.1) is 0 Å². The molecule has 1 rings (SSSR count). The molecule has 6 heteroatoms. The van der Waals surface area contributed by atoms with Gasteiger partial charge in [0, 0.05) is 14.2 Å². The minimum atomic E-state index is -0.462. The van der Waals surface area contributed by atoms with Crippen molar-refractivity contribution in [2.75, 3.05) is 28.4 Å². The minimum Gasteiger partial charge on any atom is -0.465 e. The third kappa shape index (κ3) is 6.54. The van der Waals surface area contributed by atoms with Gasteiger partial charge in [0.1, 0.15) is 0 Å². The van der Waals surface area contributed by atoms with Crippen molar-refractivity contribution < 1.29 is 28.5 Å². The van der Waals surface area contributed by atoms with Gasteiger partial charge in [-0.05, 0) is 47.9 Å². The monoisotopic (exact) mass is 422 g/mol. The summed E-state index contributed by atoms with van der Waals surface area (Å²) < 4.78 is 21.2. The number of benzene rings is 1. The fourth-order valence-electron chi connectivity index (χ4n) is 3.92. The van der Waals surface area contributed by atoms with Gasteiger partial charge in [-0.25, -0.2) is 9.59 Å². The molecule has 0 fully saturated rings. The van der Waals surface area contributed by atoms with E-state index in [2.05, 4.69) is 13.8 Å². The molecule has 0 unspecified atom stereocenters. The molecule has 1 aromatic rings. The molecule has 0 N–H and O–H groups in total. The van der Waals surface area contributed by atoms with Gasteiger partial charge in [0.25, 0.3) is 0 Å². The number of carbonyl (C=O) groups excluding carboxylic acids is 2. The molecule has 0 aliphatic rings. The Hall–Kier alpha value is -1.92. The van der Waals surface area contributed by atoms with Crippen molar-refractivity contribution >= 4 is 11.9 Å². The first-order valence-corrected chi connectivity index (χ1v) is 10.9. The van der Waals surface area contributed by atoms with E-state index in [1.54, 1.807) is 14.2 Å². The number of ether oxygens (including phenoxy) is 4. The van der Waals surface area contributed by atoms with Crippen LogP contribution in [0.1, 0.15) is 95.3 Å². The molecule has 0 atom stereocenters. The summed E-state index contributed by atoms with van der Waals surface area (Å²) >= 11 is 0. The molecule has 0 bridgehead atoms. The number of hydrogen-bond acceptors (Lipinski definition) is 6. The Labute approximate surface area is 181 Å². The lowest BCUT2D eigenvalue weighted by Crippen LogP contribution is -2.22. The molecule has 0 saturated heterocycles. The Balaban J connectivity index is 3.92. The minimum absolute atomic E-state index is 0.242. The Morgan fingerprint density at radius 2 is 1.03 bits per heavy atom. The lowest BCUT2D eigenvalue weighted by Gasteiger charge is -2.24. The zero-order chi connectivity index (χ0) is 22.5. The third-order valence-corrected chi connectivity index (χ3v) is 5.35. The molecule has 0 heterocycles. The average Bonchev–Trinajstić information content (AvgIpc) is 2.75. The van der Waals surface area contributed by atoms with Crippen LogP contribution in [0.25, 0.3) is 0 Å². The van der Waals surface area contributed by atoms with E-state index in [4.69, 9.17) is 18.9 Å². The highest BCUT2D eigenvalue weighted by molar-refractivity contribution is 6.01. The Kier molecular flexibility index (Phi) is 12.3. The molecule has 0 aliphatic heterocycles. The average molecular weight is 423 g/mol. The van der Waals surface area contributed by atoms with E-state index in [-0.39, 0.29) is 13.2 Å². The van der Waals surface area contributed by atoms with E-state index in [1.807, 2.05) is 0 Å². The number of methoxy groups -OCH3 is 4.